The lowest BCUT2D eigenvalue weighted by Gasteiger charge is -2.13. The topological polar surface area (TPSA) is 59.6 Å². The van der Waals surface area contributed by atoms with Gasteiger partial charge in [-0.05, 0) is 34.5 Å². The van der Waals surface area contributed by atoms with E-state index in [0.717, 1.165) is 5.56 Å². The predicted molar refractivity (Wildman–Crippen MR) is 79.7 cm³/mol. The number of benzene rings is 1. The highest BCUT2D eigenvalue weighted by Crippen LogP contribution is 2.34. The zero-order valence-corrected chi connectivity index (χ0v) is 12.1. The first-order valence-electron chi connectivity index (χ1n) is 6.01. The summed E-state index contributed by atoms with van der Waals surface area (Å²) in [5.74, 6) is 1.07. The van der Waals surface area contributed by atoms with Gasteiger partial charge in [0.25, 0.3) is 0 Å². The summed E-state index contributed by atoms with van der Waals surface area (Å²) >= 11 is 1.60. The van der Waals surface area contributed by atoms with Crippen LogP contribution in [0.5, 0.6) is 11.5 Å². The van der Waals surface area contributed by atoms with Crippen molar-refractivity contribution < 1.29 is 14.3 Å². The summed E-state index contributed by atoms with van der Waals surface area (Å²) in [5.41, 5.74) is 1.64. The van der Waals surface area contributed by atoms with Crippen LogP contribution in [0.2, 0.25) is 0 Å². The molecule has 0 spiro atoms. The zero-order chi connectivity index (χ0) is 14.4. The number of rotatable bonds is 5. The van der Waals surface area contributed by atoms with Crippen molar-refractivity contribution >= 4 is 23.1 Å². The third kappa shape index (κ3) is 3.42. The fraction of sp³-hybridized carbons (Fsp3) is 0.214. The van der Waals surface area contributed by atoms with Crippen molar-refractivity contribution in [3.05, 3.63) is 40.6 Å². The van der Waals surface area contributed by atoms with Gasteiger partial charge in [0, 0.05) is 6.54 Å². The first kappa shape index (κ1) is 14.2. The minimum absolute atomic E-state index is 0.289. The monoisotopic (exact) mass is 292 g/mol. The predicted octanol–water partition coefficient (Wildman–Crippen LogP) is 3.09. The van der Waals surface area contributed by atoms with E-state index in [1.165, 1.54) is 7.11 Å². The molecular weight excluding hydrogens is 276 g/mol. The molecule has 0 radical (unpaired) electrons. The van der Waals surface area contributed by atoms with Crippen LogP contribution < -0.4 is 20.1 Å². The summed E-state index contributed by atoms with van der Waals surface area (Å²) in [6, 6.07) is 6.99. The van der Waals surface area contributed by atoms with Crippen molar-refractivity contribution in [2.24, 2.45) is 0 Å². The van der Waals surface area contributed by atoms with Crippen molar-refractivity contribution in [3.63, 3.8) is 0 Å². The van der Waals surface area contributed by atoms with E-state index in [-0.39, 0.29) is 6.03 Å². The minimum atomic E-state index is -0.289. The highest BCUT2D eigenvalue weighted by atomic mass is 32.1. The van der Waals surface area contributed by atoms with Crippen molar-refractivity contribution in [2.75, 3.05) is 19.5 Å². The van der Waals surface area contributed by atoms with E-state index in [1.54, 1.807) is 36.6 Å². The van der Waals surface area contributed by atoms with Gasteiger partial charge in [-0.2, -0.15) is 11.3 Å². The summed E-state index contributed by atoms with van der Waals surface area (Å²) in [6.07, 6.45) is 0. The van der Waals surface area contributed by atoms with Gasteiger partial charge in [0.05, 0.1) is 19.9 Å². The fourth-order valence-corrected chi connectivity index (χ4v) is 2.40. The van der Waals surface area contributed by atoms with Gasteiger partial charge in [-0.25, -0.2) is 4.79 Å². The van der Waals surface area contributed by atoms with E-state index in [1.807, 2.05) is 16.8 Å². The second-order valence-corrected chi connectivity index (χ2v) is 4.76. The molecule has 6 heteroatoms. The van der Waals surface area contributed by atoms with Gasteiger partial charge in [0.15, 0.2) is 11.5 Å². The lowest BCUT2D eigenvalue weighted by atomic mass is 10.2. The molecule has 0 aliphatic carbocycles. The number of methoxy groups -OCH3 is 2. The van der Waals surface area contributed by atoms with Gasteiger partial charge >= 0.3 is 6.03 Å². The molecule has 0 saturated heterocycles. The molecule has 0 aliphatic heterocycles. The molecule has 5 nitrogen and oxygen atoms in total. The normalized spacial score (nSPS) is 9.90. The molecule has 1 heterocycles. The highest BCUT2D eigenvalue weighted by Gasteiger charge is 2.11. The highest BCUT2D eigenvalue weighted by molar-refractivity contribution is 7.07. The van der Waals surface area contributed by atoms with Gasteiger partial charge in [-0.15, -0.1) is 0 Å². The van der Waals surface area contributed by atoms with E-state index >= 15 is 0 Å². The van der Waals surface area contributed by atoms with Crippen molar-refractivity contribution in [3.8, 4) is 11.5 Å². The molecule has 2 aromatic rings. The number of amides is 2. The third-order valence-corrected chi connectivity index (χ3v) is 3.42. The van der Waals surface area contributed by atoms with Crippen LogP contribution in [0.3, 0.4) is 0 Å². The molecule has 0 aliphatic rings. The van der Waals surface area contributed by atoms with E-state index < -0.39 is 0 Å². The molecule has 0 atom stereocenters. The summed E-state index contributed by atoms with van der Waals surface area (Å²) in [4.78, 5) is 11.9. The summed E-state index contributed by atoms with van der Waals surface area (Å²) in [5, 5.41) is 9.49. The van der Waals surface area contributed by atoms with Gasteiger partial charge in [0.2, 0.25) is 0 Å². The van der Waals surface area contributed by atoms with E-state index in [4.69, 9.17) is 9.47 Å². The molecule has 0 saturated carbocycles. The quantitative estimate of drug-likeness (QED) is 0.890. The van der Waals surface area contributed by atoms with Crippen molar-refractivity contribution in [1.82, 2.24) is 5.32 Å². The fourth-order valence-electron chi connectivity index (χ4n) is 1.73. The molecule has 2 amide bonds. The molecule has 2 rings (SSSR count). The Balaban J connectivity index is 2.00. The second-order valence-electron chi connectivity index (χ2n) is 3.98. The average molecular weight is 292 g/mol. The van der Waals surface area contributed by atoms with Crippen molar-refractivity contribution in [1.29, 1.82) is 0 Å². The largest absolute Gasteiger partial charge is 0.493 e. The second kappa shape index (κ2) is 6.81. The number of hydrogen-bond acceptors (Lipinski definition) is 4. The van der Waals surface area contributed by atoms with Gasteiger partial charge in [-0.3, -0.25) is 0 Å². The first-order chi connectivity index (χ1) is 9.74. The van der Waals surface area contributed by atoms with E-state index in [0.29, 0.717) is 23.7 Å². The third-order valence-electron chi connectivity index (χ3n) is 2.68. The standard InChI is InChI=1S/C14H16N2O3S/c1-18-12-5-3-4-11(13(12)19-2)16-14(17)15-8-10-6-7-20-9-10/h3-7,9H,8H2,1-2H3,(H2,15,16,17). The van der Waals surface area contributed by atoms with Crippen LogP contribution in [0.1, 0.15) is 5.56 Å². The summed E-state index contributed by atoms with van der Waals surface area (Å²) in [6.45, 7) is 0.488. The molecular formula is C14H16N2O3S. The number of para-hydroxylation sites is 1. The summed E-state index contributed by atoms with van der Waals surface area (Å²) < 4.78 is 10.4. The lowest BCUT2D eigenvalue weighted by Crippen LogP contribution is -2.28. The Morgan fingerprint density at radius 3 is 2.75 bits per heavy atom. The van der Waals surface area contributed by atoms with E-state index in [9.17, 15) is 4.79 Å². The Labute approximate surface area is 121 Å². The number of thiophene rings is 1. The number of ether oxygens (including phenoxy) is 2. The maximum Gasteiger partial charge on any atom is 0.319 e. The average Bonchev–Trinajstić information content (AvgIpc) is 2.98. The number of hydrogen-bond donors (Lipinski definition) is 2. The molecule has 1 aromatic heterocycles. The van der Waals surface area contributed by atoms with Crippen LogP contribution >= 0.6 is 11.3 Å². The molecule has 0 bridgehead atoms. The van der Waals surface area contributed by atoms with Gasteiger partial charge in [-0.1, -0.05) is 6.07 Å². The summed E-state index contributed by atoms with van der Waals surface area (Å²) in [7, 11) is 3.09. The molecule has 106 valence electrons. The Morgan fingerprint density at radius 2 is 2.10 bits per heavy atom. The van der Waals surface area contributed by atoms with Crippen LogP contribution in [0.25, 0.3) is 0 Å². The Morgan fingerprint density at radius 1 is 1.25 bits per heavy atom. The molecule has 20 heavy (non-hydrogen) atoms. The lowest BCUT2D eigenvalue weighted by molar-refractivity contribution is 0.251. The molecule has 0 fully saturated rings. The number of nitrogens with one attached hydrogen (secondary N) is 2. The Hall–Kier alpha value is -2.21. The maximum atomic E-state index is 11.9. The smallest absolute Gasteiger partial charge is 0.319 e. The molecule has 2 N–H and O–H groups in total. The number of urea groups is 1. The van der Waals surface area contributed by atoms with Crippen LogP contribution in [-0.4, -0.2) is 20.3 Å². The minimum Gasteiger partial charge on any atom is -0.493 e. The van der Waals surface area contributed by atoms with Crippen LogP contribution in [0, 0.1) is 0 Å². The maximum absolute atomic E-state index is 11.9. The van der Waals surface area contributed by atoms with Gasteiger partial charge < -0.3 is 20.1 Å². The van der Waals surface area contributed by atoms with Crippen LogP contribution in [-0.2, 0) is 6.54 Å². The van der Waals surface area contributed by atoms with Crippen LogP contribution in [0.4, 0.5) is 10.5 Å². The van der Waals surface area contributed by atoms with Gasteiger partial charge in [0.1, 0.15) is 0 Å². The molecule has 0 unspecified atom stereocenters. The number of anilines is 1. The number of carbonyl (C=O) groups is 1. The Kier molecular flexibility index (Phi) is 4.84. The first-order valence-corrected chi connectivity index (χ1v) is 6.95. The van der Waals surface area contributed by atoms with E-state index in [2.05, 4.69) is 10.6 Å². The van der Waals surface area contributed by atoms with Crippen LogP contribution in [0.15, 0.2) is 35.0 Å². The Bertz CT molecular complexity index is 570. The zero-order valence-electron chi connectivity index (χ0n) is 11.3. The molecule has 1 aromatic carbocycles. The number of carbonyl (C=O) groups excluding carboxylic acids is 1. The SMILES string of the molecule is COc1cccc(NC(=O)NCc2ccsc2)c1OC. The van der Waals surface area contributed by atoms with Crippen molar-refractivity contribution in [2.45, 2.75) is 6.54 Å².